The van der Waals surface area contributed by atoms with Crippen LogP contribution < -0.4 is 16.0 Å². The Kier molecular flexibility index (Phi) is 11.4. The molecule has 2 aromatic rings. The molecule has 5 nitrogen and oxygen atoms in total. The van der Waals surface area contributed by atoms with E-state index in [4.69, 9.17) is 4.74 Å². The highest BCUT2D eigenvalue weighted by molar-refractivity contribution is 14.0. The molecule has 2 rings (SSSR count). The van der Waals surface area contributed by atoms with Crippen molar-refractivity contribution in [1.82, 2.24) is 10.6 Å². The lowest BCUT2D eigenvalue weighted by Gasteiger charge is -2.12. The van der Waals surface area contributed by atoms with Crippen molar-refractivity contribution in [3.05, 3.63) is 65.5 Å². The fraction of sp³-hybridized carbons (Fsp3) is 0.350. The van der Waals surface area contributed by atoms with Gasteiger partial charge in [-0.05, 0) is 41.8 Å². The van der Waals surface area contributed by atoms with Crippen LogP contribution in [0, 0.1) is 5.82 Å². The van der Waals surface area contributed by atoms with Gasteiger partial charge in [0.1, 0.15) is 5.82 Å². The topological polar surface area (TPSA) is 57.7 Å². The van der Waals surface area contributed by atoms with Gasteiger partial charge in [0, 0.05) is 39.5 Å². The second-order valence-corrected chi connectivity index (χ2v) is 5.85. The van der Waals surface area contributed by atoms with Crippen LogP contribution in [0.5, 0.6) is 0 Å². The molecule has 0 fully saturated rings. The van der Waals surface area contributed by atoms with E-state index in [1.807, 2.05) is 18.2 Å². The van der Waals surface area contributed by atoms with E-state index in [0.29, 0.717) is 19.7 Å². The molecule has 7 heteroatoms. The molecule has 0 unspecified atom stereocenters. The third kappa shape index (κ3) is 9.05. The molecule has 0 heterocycles. The molecule has 27 heavy (non-hydrogen) atoms. The number of anilines is 1. The number of nitrogens with zero attached hydrogens (tertiary/aromatic N) is 1. The highest BCUT2D eigenvalue weighted by Crippen LogP contribution is 2.09. The first-order valence-electron chi connectivity index (χ1n) is 8.72. The fourth-order valence-corrected chi connectivity index (χ4v) is 2.46. The first kappa shape index (κ1) is 23.2. The highest BCUT2D eigenvalue weighted by Gasteiger charge is 2.00. The second-order valence-electron chi connectivity index (χ2n) is 5.85. The Morgan fingerprint density at radius 3 is 2.48 bits per heavy atom. The Hall–Kier alpha value is -1.87. The smallest absolute Gasteiger partial charge is 0.191 e. The molecule has 2 aromatic carbocycles. The fourth-order valence-electron chi connectivity index (χ4n) is 2.46. The average molecular weight is 486 g/mol. The highest BCUT2D eigenvalue weighted by atomic mass is 127. The maximum Gasteiger partial charge on any atom is 0.191 e. The zero-order valence-electron chi connectivity index (χ0n) is 15.8. The minimum absolute atomic E-state index is 0. The lowest BCUT2D eigenvalue weighted by Crippen LogP contribution is -2.37. The third-order valence-electron chi connectivity index (χ3n) is 3.87. The zero-order chi connectivity index (χ0) is 18.6. The monoisotopic (exact) mass is 486 g/mol. The van der Waals surface area contributed by atoms with Crippen LogP contribution >= 0.6 is 24.0 Å². The average Bonchev–Trinajstić information content (AvgIpc) is 2.66. The predicted molar refractivity (Wildman–Crippen MR) is 121 cm³/mol. The molecule has 0 bridgehead atoms. The van der Waals surface area contributed by atoms with Gasteiger partial charge in [-0.1, -0.05) is 24.3 Å². The Balaban J connectivity index is 0.00000364. The maximum atomic E-state index is 13.2. The molecule has 3 N–H and O–H groups in total. The number of halogens is 2. The van der Waals surface area contributed by atoms with Crippen molar-refractivity contribution in [3.8, 4) is 0 Å². The summed E-state index contributed by atoms with van der Waals surface area (Å²) in [7, 11) is 3.43. The lowest BCUT2D eigenvalue weighted by atomic mass is 10.1. The van der Waals surface area contributed by atoms with Gasteiger partial charge in [-0.3, -0.25) is 4.99 Å². The quantitative estimate of drug-likeness (QED) is 0.220. The Bertz CT molecular complexity index is 695. The summed E-state index contributed by atoms with van der Waals surface area (Å²) in [6, 6.07) is 14.9. The van der Waals surface area contributed by atoms with Gasteiger partial charge in [-0.15, -0.1) is 24.0 Å². The van der Waals surface area contributed by atoms with Crippen molar-refractivity contribution in [2.75, 3.05) is 39.2 Å². The summed E-state index contributed by atoms with van der Waals surface area (Å²) in [5, 5.41) is 9.81. The van der Waals surface area contributed by atoms with E-state index in [9.17, 15) is 4.39 Å². The maximum absolute atomic E-state index is 13.2. The van der Waals surface area contributed by atoms with E-state index in [1.54, 1.807) is 26.3 Å². The van der Waals surface area contributed by atoms with Crippen LogP contribution in [0.3, 0.4) is 0 Å². The number of hydrogen-bond acceptors (Lipinski definition) is 3. The number of nitrogens with one attached hydrogen (secondary N) is 3. The number of benzene rings is 2. The number of hydrogen-bond donors (Lipinski definition) is 3. The van der Waals surface area contributed by atoms with Crippen LogP contribution in [0.1, 0.15) is 11.1 Å². The van der Waals surface area contributed by atoms with E-state index >= 15 is 0 Å². The van der Waals surface area contributed by atoms with Crippen LogP contribution in [0.4, 0.5) is 10.1 Å². The minimum Gasteiger partial charge on any atom is -0.383 e. The number of guanidine groups is 1. The van der Waals surface area contributed by atoms with E-state index in [-0.39, 0.29) is 29.8 Å². The number of methoxy groups -OCH3 is 1. The molecular formula is C20H28FIN4O. The van der Waals surface area contributed by atoms with E-state index < -0.39 is 0 Å². The van der Waals surface area contributed by atoms with Crippen LogP contribution in [0.15, 0.2) is 53.5 Å². The molecule has 0 radical (unpaired) electrons. The second kappa shape index (κ2) is 13.3. The van der Waals surface area contributed by atoms with E-state index in [2.05, 4.69) is 33.1 Å². The molecule has 0 saturated heterocycles. The standard InChI is InChI=1S/C20H27FN4O.HI/c1-22-20(24-11-10-16-4-3-5-18(21)14-16)25-15-17-6-8-19(9-7-17)23-12-13-26-2;/h3-9,14,23H,10-13,15H2,1-2H3,(H2,22,24,25);1H. The van der Waals surface area contributed by atoms with Crippen molar-refractivity contribution < 1.29 is 9.13 Å². The van der Waals surface area contributed by atoms with Gasteiger partial charge in [-0.2, -0.15) is 0 Å². The zero-order valence-corrected chi connectivity index (χ0v) is 18.1. The molecular weight excluding hydrogens is 458 g/mol. The molecule has 0 spiro atoms. The van der Waals surface area contributed by atoms with Crippen molar-refractivity contribution in [3.63, 3.8) is 0 Å². The van der Waals surface area contributed by atoms with Gasteiger partial charge in [0.25, 0.3) is 0 Å². The number of aliphatic imine (C=N–C) groups is 1. The molecule has 0 atom stereocenters. The van der Waals surface area contributed by atoms with Gasteiger partial charge in [0.15, 0.2) is 5.96 Å². The first-order chi connectivity index (χ1) is 12.7. The van der Waals surface area contributed by atoms with Crippen LogP contribution in [-0.4, -0.2) is 39.8 Å². The summed E-state index contributed by atoms with van der Waals surface area (Å²) in [6.07, 6.45) is 0.736. The largest absolute Gasteiger partial charge is 0.383 e. The molecule has 0 saturated carbocycles. The molecule has 0 aromatic heterocycles. The van der Waals surface area contributed by atoms with Gasteiger partial charge in [0.05, 0.1) is 6.61 Å². The molecule has 0 aliphatic carbocycles. The van der Waals surface area contributed by atoms with Crippen molar-refractivity contribution in [2.24, 2.45) is 4.99 Å². The summed E-state index contributed by atoms with van der Waals surface area (Å²) in [4.78, 5) is 4.21. The van der Waals surface area contributed by atoms with Gasteiger partial charge in [-0.25, -0.2) is 4.39 Å². The molecule has 148 valence electrons. The van der Waals surface area contributed by atoms with Crippen LogP contribution in [0.2, 0.25) is 0 Å². The van der Waals surface area contributed by atoms with Gasteiger partial charge in [0.2, 0.25) is 0 Å². The summed E-state index contributed by atoms with van der Waals surface area (Å²) in [5.74, 6) is 0.522. The number of ether oxygens (including phenoxy) is 1. The summed E-state index contributed by atoms with van der Waals surface area (Å²) in [6.45, 7) is 2.83. The van der Waals surface area contributed by atoms with Gasteiger partial charge >= 0.3 is 0 Å². The van der Waals surface area contributed by atoms with Crippen molar-refractivity contribution in [1.29, 1.82) is 0 Å². The predicted octanol–water partition coefficient (Wildman–Crippen LogP) is 3.41. The molecule has 0 amide bonds. The normalized spacial score (nSPS) is 10.9. The number of rotatable bonds is 9. The summed E-state index contributed by atoms with van der Waals surface area (Å²) < 4.78 is 18.2. The van der Waals surface area contributed by atoms with Crippen molar-refractivity contribution in [2.45, 2.75) is 13.0 Å². The third-order valence-corrected chi connectivity index (χ3v) is 3.87. The van der Waals surface area contributed by atoms with Crippen LogP contribution in [-0.2, 0) is 17.7 Å². The van der Waals surface area contributed by atoms with Crippen molar-refractivity contribution >= 4 is 35.6 Å². The van der Waals surface area contributed by atoms with E-state index in [1.165, 1.54) is 6.07 Å². The summed E-state index contributed by atoms with van der Waals surface area (Å²) >= 11 is 0. The lowest BCUT2D eigenvalue weighted by molar-refractivity contribution is 0.211. The van der Waals surface area contributed by atoms with Crippen LogP contribution in [0.25, 0.3) is 0 Å². The minimum atomic E-state index is -0.204. The summed E-state index contributed by atoms with van der Waals surface area (Å²) in [5.41, 5.74) is 3.20. The Morgan fingerprint density at radius 1 is 1.04 bits per heavy atom. The SMILES string of the molecule is CN=C(NCCc1cccc(F)c1)NCc1ccc(NCCOC)cc1.I. The Morgan fingerprint density at radius 2 is 1.81 bits per heavy atom. The van der Waals surface area contributed by atoms with Gasteiger partial charge < -0.3 is 20.7 Å². The Labute approximate surface area is 177 Å². The first-order valence-corrected chi connectivity index (χ1v) is 8.72. The van der Waals surface area contributed by atoms with E-state index in [0.717, 1.165) is 35.7 Å². The molecule has 0 aliphatic rings. The molecule has 0 aliphatic heterocycles.